The van der Waals surface area contributed by atoms with Gasteiger partial charge in [-0.15, -0.1) is 0 Å². The lowest BCUT2D eigenvalue weighted by atomic mass is 9.83. The number of amides is 4. The minimum atomic E-state index is -3.00. The lowest BCUT2D eigenvalue weighted by Crippen LogP contribution is -2.66. The largest absolute Gasteiger partial charge is 0.480 e. The van der Waals surface area contributed by atoms with E-state index in [1.807, 2.05) is 24.5 Å². The number of carboxylic acids is 3. The molecule has 0 aromatic heterocycles. The highest BCUT2D eigenvalue weighted by Gasteiger charge is 2.71. The second-order valence-corrected chi connectivity index (χ2v) is 7.23. The Morgan fingerprint density at radius 1 is 0.739 bits per heavy atom. The van der Waals surface area contributed by atoms with Crippen molar-refractivity contribution in [3.63, 3.8) is 0 Å². The summed E-state index contributed by atoms with van der Waals surface area (Å²) in [5.41, 5.74) is -0.961. The molecule has 8 N–H and O–H groups in total. The summed E-state index contributed by atoms with van der Waals surface area (Å²) < 4.78 is 15.9. The molecule has 1 atom stereocenters. The molecule has 1 rings (SSSR count). The van der Waals surface area contributed by atoms with Gasteiger partial charge in [-0.2, -0.15) is 0 Å². The number of cyclic esters (lactones) is 2. The second-order valence-electron chi connectivity index (χ2n) is 7.23. The topological polar surface area (TPSA) is 365 Å². The molecule has 1 fully saturated rings. The average molecular weight is 669 g/mol. The Hall–Kier alpha value is -6.16. The molecule has 1 aliphatic heterocycles. The Bertz CT molecular complexity index is 1150. The van der Waals surface area contributed by atoms with E-state index in [9.17, 15) is 57.5 Å². The third-order valence-corrected chi connectivity index (χ3v) is 4.67. The van der Waals surface area contributed by atoms with Gasteiger partial charge in [-0.3, -0.25) is 33.6 Å². The summed E-state index contributed by atoms with van der Waals surface area (Å²) in [5, 5.41) is 32.1. The third-order valence-electron chi connectivity index (χ3n) is 4.67. The minimum absolute atomic E-state index is 0.0589. The van der Waals surface area contributed by atoms with Gasteiger partial charge in [-0.05, 0) is 20.8 Å². The van der Waals surface area contributed by atoms with E-state index in [0.29, 0.717) is 0 Å². The number of ether oxygens (including phenoxy) is 4. The number of likely N-dealkylation sites (N-methyl/N-ethyl adjacent to an activating group) is 2. The molecule has 0 bridgehead atoms. The van der Waals surface area contributed by atoms with Gasteiger partial charge in [0, 0.05) is 19.6 Å². The van der Waals surface area contributed by atoms with Crippen molar-refractivity contribution in [1.29, 1.82) is 0 Å². The van der Waals surface area contributed by atoms with E-state index in [-0.39, 0.29) is 39.1 Å². The summed E-state index contributed by atoms with van der Waals surface area (Å²) in [6.45, 7) is 7.87. The molecule has 23 nitrogen and oxygen atoms in total. The van der Waals surface area contributed by atoms with Crippen LogP contribution in [0.4, 0.5) is 0 Å². The molecule has 0 aromatic carbocycles. The Morgan fingerprint density at radius 2 is 1.13 bits per heavy atom. The number of nitrogens with two attached hydrogens (primary N) is 1. The van der Waals surface area contributed by atoms with Gasteiger partial charge in [-0.25, -0.2) is 24.0 Å². The first-order valence-corrected chi connectivity index (χ1v) is 12.4. The standard InChI is InChI=1S/C7H10N2O6.C7H9NO7.C7H7NO6.C2H6/c1-2-9-5(12)7(4(8)11,6(13)14)15-3-10;1-2-8-5(11)7(6(12)13,14-3-9)15-4-10;1-2-8-3(9)7(4(10)11)5(12)14-6(7)13;1-2/h3H,2H2,1H3,(H2,8,11)(H,9,12)(H,13,14);3-4H,2H2,1H3,(H,8,11)(H,12,13);2H2,1H3,(H,8,9)(H,10,11);1-2H3. The van der Waals surface area contributed by atoms with Gasteiger partial charge < -0.3 is 56.0 Å². The molecule has 46 heavy (non-hydrogen) atoms. The Kier molecular flexibility index (Phi) is 19.9. The molecule has 0 aliphatic carbocycles. The average Bonchev–Trinajstić information content (AvgIpc) is 2.97. The van der Waals surface area contributed by atoms with E-state index in [1.54, 1.807) is 0 Å². The SMILES string of the molecule is CC.CCNC(=O)C(OC=O)(C(N)=O)C(=O)O.CCNC(=O)C(OC=O)(OC=O)C(=O)O.CCNC(=O)C1(C(=O)O)C(=O)OC1=O. The van der Waals surface area contributed by atoms with E-state index in [1.165, 1.54) is 20.8 Å². The normalized spacial score (nSPS) is 13.2. The van der Waals surface area contributed by atoms with Crippen molar-refractivity contribution in [3.8, 4) is 0 Å². The van der Waals surface area contributed by atoms with Crippen molar-refractivity contribution in [2.75, 3.05) is 19.6 Å². The molecule has 0 spiro atoms. The molecular formula is C23H32N4O19. The molecule has 0 radical (unpaired) electrons. The number of hydrogen-bond acceptors (Lipinski definition) is 16. The predicted octanol–water partition coefficient (Wildman–Crippen LogP) is -4.84. The van der Waals surface area contributed by atoms with Crippen molar-refractivity contribution in [1.82, 2.24) is 16.0 Å². The fraction of sp³-hybridized carbons (Fsp3) is 0.478. The van der Waals surface area contributed by atoms with Gasteiger partial charge in [0.05, 0.1) is 0 Å². The number of carbonyl (C=O) groups is 12. The zero-order valence-corrected chi connectivity index (χ0v) is 24.8. The molecular weight excluding hydrogens is 636 g/mol. The summed E-state index contributed by atoms with van der Waals surface area (Å²) >= 11 is 0. The number of aliphatic carboxylic acids is 3. The van der Waals surface area contributed by atoms with Crippen LogP contribution in [-0.2, 0) is 76.5 Å². The van der Waals surface area contributed by atoms with Crippen LogP contribution in [0.1, 0.15) is 34.6 Å². The first kappa shape index (κ1) is 44.3. The fourth-order valence-corrected chi connectivity index (χ4v) is 2.60. The molecule has 1 aliphatic rings. The molecule has 258 valence electrons. The number of carboxylic acid groups (broad SMARTS) is 3. The van der Waals surface area contributed by atoms with E-state index in [2.05, 4.69) is 24.3 Å². The lowest BCUT2D eigenvalue weighted by Gasteiger charge is -2.30. The van der Waals surface area contributed by atoms with Crippen LogP contribution in [0.2, 0.25) is 0 Å². The zero-order valence-electron chi connectivity index (χ0n) is 24.8. The summed E-state index contributed by atoms with van der Waals surface area (Å²) in [4.78, 5) is 128. The highest BCUT2D eigenvalue weighted by molar-refractivity contribution is 6.40. The molecule has 1 unspecified atom stereocenters. The Labute approximate surface area is 258 Å². The monoisotopic (exact) mass is 668 g/mol. The molecule has 0 aromatic rings. The fourth-order valence-electron chi connectivity index (χ4n) is 2.60. The van der Waals surface area contributed by atoms with Gasteiger partial charge in [0.15, 0.2) is 0 Å². The maximum Gasteiger partial charge on any atom is 0.437 e. The van der Waals surface area contributed by atoms with E-state index in [0.717, 1.165) is 0 Å². The number of rotatable bonds is 16. The van der Waals surface area contributed by atoms with E-state index in [4.69, 9.17) is 21.1 Å². The van der Waals surface area contributed by atoms with Crippen LogP contribution in [0, 0.1) is 5.41 Å². The number of hydrogen-bond donors (Lipinski definition) is 7. The van der Waals surface area contributed by atoms with E-state index >= 15 is 0 Å². The van der Waals surface area contributed by atoms with Crippen molar-refractivity contribution < 1.29 is 91.8 Å². The molecule has 0 saturated carbocycles. The number of primary amides is 1. The summed E-state index contributed by atoms with van der Waals surface area (Å²) in [5.74, 6) is -16.6. The second kappa shape index (κ2) is 20.7. The van der Waals surface area contributed by atoms with Crippen LogP contribution < -0.4 is 21.7 Å². The van der Waals surface area contributed by atoms with Crippen molar-refractivity contribution >= 4 is 72.9 Å². The molecule has 1 heterocycles. The van der Waals surface area contributed by atoms with Crippen molar-refractivity contribution in [2.24, 2.45) is 11.1 Å². The van der Waals surface area contributed by atoms with Crippen LogP contribution in [0.5, 0.6) is 0 Å². The molecule has 23 heteroatoms. The third kappa shape index (κ3) is 9.68. The van der Waals surface area contributed by atoms with Crippen LogP contribution in [-0.4, -0.2) is 119 Å². The Morgan fingerprint density at radius 3 is 1.39 bits per heavy atom. The molecule has 1 saturated heterocycles. The van der Waals surface area contributed by atoms with E-state index < -0.39 is 70.3 Å². The van der Waals surface area contributed by atoms with Gasteiger partial charge >= 0.3 is 52.6 Å². The summed E-state index contributed by atoms with van der Waals surface area (Å²) in [6.07, 6.45) is 0. The zero-order chi connectivity index (χ0) is 36.9. The minimum Gasteiger partial charge on any atom is -0.480 e. The Balaban J connectivity index is -0.000000586. The lowest BCUT2D eigenvalue weighted by molar-refractivity contribution is -0.222. The highest BCUT2D eigenvalue weighted by atomic mass is 16.7. The summed E-state index contributed by atoms with van der Waals surface area (Å²) in [7, 11) is 0. The summed E-state index contributed by atoms with van der Waals surface area (Å²) in [6, 6.07) is 0. The first-order valence-electron chi connectivity index (χ1n) is 12.4. The highest BCUT2D eigenvalue weighted by Crippen LogP contribution is 2.31. The predicted molar refractivity (Wildman–Crippen MR) is 140 cm³/mol. The smallest absolute Gasteiger partial charge is 0.437 e. The van der Waals surface area contributed by atoms with Gasteiger partial charge in [0.1, 0.15) is 0 Å². The van der Waals surface area contributed by atoms with Gasteiger partial charge in [0.2, 0.25) is 0 Å². The quantitative estimate of drug-likeness (QED) is 0.0266. The van der Waals surface area contributed by atoms with Crippen LogP contribution in [0.25, 0.3) is 0 Å². The number of esters is 2. The maximum atomic E-state index is 11.3. The van der Waals surface area contributed by atoms with Gasteiger partial charge in [0.25, 0.3) is 37.1 Å². The van der Waals surface area contributed by atoms with Crippen LogP contribution >= 0.6 is 0 Å². The number of nitrogens with one attached hydrogen (secondary N) is 3. The molecule has 4 amide bonds. The maximum absolute atomic E-state index is 11.3. The number of carbonyl (C=O) groups excluding carboxylic acids is 9. The first-order chi connectivity index (χ1) is 21.4. The van der Waals surface area contributed by atoms with Crippen molar-refractivity contribution in [2.45, 2.75) is 46.0 Å². The van der Waals surface area contributed by atoms with Gasteiger partial charge in [-0.1, -0.05) is 13.8 Å². The van der Waals surface area contributed by atoms with Crippen LogP contribution in [0.3, 0.4) is 0 Å². The van der Waals surface area contributed by atoms with Crippen LogP contribution in [0.15, 0.2) is 0 Å². The van der Waals surface area contributed by atoms with Crippen molar-refractivity contribution in [3.05, 3.63) is 0 Å².